The van der Waals surface area contributed by atoms with E-state index in [1.807, 2.05) is 37.3 Å². The summed E-state index contributed by atoms with van der Waals surface area (Å²) in [6.07, 6.45) is 3.52. The lowest BCUT2D eigenvalue weighted by atomic mass is 10.2. The third kappa shape index (κ3) is 3.59. The van der Waals surface area contributed by atoms with Crippen molar-refractivity contribution in [3.05, 3.63) is 66.2 Å². The number of rotatable bonds is 5. The molecule has 0 aliphatic rings. The summed E-state index contributed by atoms with van der Waals surface area (Å²) in [4.78, 5) is 8.50. The van der Waals surface area contributed by atoms with Gasteiger partial charge in [-0.2, -0.15) is 4.37 Å². The number of benzene rings is 1. The largest absolute Gasteiger partial charge is 0.297 e. The highest BCUT2D eigenvalue weighted by atomic mass is 32.2. The molecule has 0 fully saturated rings. The Balaban J connectivity index is 1.74. The molecule has 0 radical (unpaired) electrons. The maximum absolute atomic E-state index is 4.42. The van der Waals surface area contributed by atoms with Gasteiger partial charge in [0.15, 0.2) is 15.3 Å². The molecule has 0 spiro atoms. The predicted octanol–water partition coefficient (Wildman–Crippen LogP) is 3.70. The van der Waals surface area contributed by atoms with Crippen molar-refractivity contribution in [3.63, 3.8) is 0 Å². The zero-order valence-electron chi connectivity index (χ0n) is 13.4. The second kappa shape index (κ2) is 7.12. The summed E-state index contributed by atoms with van der Waals surface area (Å²) in [7, 11) is 0. The first-order valence-corrected chi connectivity index (χ1v) is 9.24. The lowest BCUT2D eigenvalue weighted by Gasteiger charge is -2.09. The van der Waals surface area contributed by atoms with Gasteiger partial charge in [0.2, 0.25) is 0 Å². The van der Waals surface area contributed by atoms with Crippen molar-refractivity contribution in [2.75, 3.05) is 0 Å². The minimum atomic E-state index is 0.686. The van der Waals surface area contributed by atoms with E-state index in [0.29, 0.717) is 6.54 Å². The molecule has 0 amide bonds. The molecule has 4 aromatic rings. The van der Waals surface area contributed by atoms with Gasteiger partial charge in [-0.3, -0.25) is 9.55 Å². The van der Waals surface area contributed by atoms with Crippen molar-refractivity contribution in [1.82, 2.24) is 29.1 Å². The van der Waals surface area contributed by atoms with Crippen LogP contribution in [0, 0.1) is 6.92 Å². The monoisotopic (exact) mass is 366 g/mol. The standard InChI is InChI=1S/C17H14N6S2/c1-12-19-17(25-22-12)24-16-21-20-15(14-7-9-18-10-8-14)23(16)11-13-5-3-2-4-6-13/h2-10H,11H2,1H3. The van der Waals surface area contributed by atoms with Crippen LogP contribution in [0.4, 0.5) is 0 Å². The average molecular weight is 366 g/mol. The van der Waals surface area contributed by atoms with Crippen LogP contribution in [0.3, 0.4) is 0 Å². The molecule has 0 N–H and O–H groups in total. The van der Waals surface area contributed by atoms with Crippen LogP contribution in [-0.2, 0) is 6.54 Å². The average Bonchev–Trinajstić information content (AvgIpc) is 3.23. The first-order chi connectivity index (χ1) is 12.3. The molecule has 0 saturated heterocycles. The van der Waals surface area contributed by atoms with E-state index in [1.54, 1.807) is 12.4 Å². The van der Waals surface area contributed by atoms with Gasteiger partial charge in [0, 0.05) is 18.0 Å². The van der Waals surface area contributed by atoms with E-state index in [9.17, 15) is 0 Å². The molecule has 0 saturated carbocycles. The summed E-state index contributed by atoms with van der Waals surface area (Å²) >= 11 is 2.86. The van der Waals surface area contributed by atoms with E-state index >= 15 is 0 Å². The lowest BCUT2D eigenvalue weighted by molar-refractivity contribution is 0.714. The van der Waals surface area contributed by atoms with Crippen molar-refractivity contribution in [3.8, 4) is 11.4 Å². The predicted molar refractivity (Wildman–Crippen MR) is 97.6 cm³/mol. The van der Waals surface area contributed by atoms with Gasteiger partial charge in [-0.1, -0.05) is 30.3 Å². The Bertz CT molecular complexity index is 965. The Labute approximate surface area is 153 Å². The van der Waals surface area contributed by atoms with Gasteiger partial charge in [0.05, 0.1) is 6.54 Å². The second-order valence-corrected chi connectivity index (χ2v) is 7.29. The van der Waals surface area contributed by atoms with Crippen LogP contribution in [-0.4, -0.2) is 29.1 Å². The van der Waals surface area contributed by atoms with Crippen LogP contribution >= 0.6 is 23.3 Å². The number of nitrogens with zero attached hydrogens (tertiary/aromatic N) is 6. The first-order valence-electron chi connectivity index (χ1n) is 7.65. The van der Waals surface area contributed by atoms with Crippen LogP contribution in [0.5, 0.6) is 0 Å². The molecule has 0 aliphatic heterocycles. The van der Waals surface area contributed by atoms with Gasteiger partial charge in [-0.15, -0.1) is 10.2 Å². The highest BCUT2D eigenvalue weighted by Crippen LogP contribution is 2.31. The van der Waals surface area contributed by atoms with Gasteiger partial charge in [-0.05, 0) is 47.9 Å². The number of aryl methyl sites for hydroxylation is 1. The van der Waals surface area contributed by atoms with Crippen LogP contribution in [0.15, 0.2) is 64.4 Å². The maximum Gasteiger partial charge on any atom is 0.198 e. The molecule has 25 heavy (non-hydrogen) atoms. The van der Waals surface area contributed by atoms with Gasteiger partial charge in [0.1, 0.15) is 5.82 Å². The van der Waals surface area contributed by atoms with E-state index < -0.39 is 0 Å². The summed E-state index contributed by atoms with van der Waals surface area (Å²) in [6, 6.07) is 14.2. The minimum Gasteiger partial charge on any atom is -0.297 e. The molecule has 3 aromatic heterocycles. The highest BCUT2D eigenvalue weighted by Gasteiger charge is 2.17. The fraction of sp³-hybridized carbons (Fsp3) is 0.118. The Hall–Kier alpha value is -2.58. The summed E-state index contributed by atoms with van der Waals surface area (Å²) in [6.45, 7) is 2.57. The van der Waals surface area contributed by atoms with E-state index in [4.69, 9.17) is 0 Å². The van der Waals surface area contributed by atoms with Gasteiger partial charge < -0.3 is 0 Å². The van der Waals surface area contributed by atoms with Gasteiger partial charge in [0.25, 0.3) is 0 Å². The first kappa shape index (κ1) is 15.9. The molecule has 0 bridgehead atoms. The quantitative estimate of drug-likeness (QED) is 0.536. The van der Waals surface area contributed by atoms with E-state index in [0.717, 1.165) is 26.7 Å². The molecule has 0 atom stereocenters. The Morgan fingerprint density at radius 2 is 1.84 bits per heavy atom. The Kier molecular flexibility index (Phi) is 4.53. The van der Waals surface area contributed by atoms with Gasteiger partial charge in [-0.25, -0.2) is 4.98 Å². The number of pyridine rings is 1. The number of hydrogen-bond acceptors (Lipinski definition) is 7. The molecule has 4 rings (SSSR count). The van der Waals surface area contributed by atoms with Crippen LogP contribution in [0.25, 0.3) is 11.4 Å². The molecule has 8 heteroatoms. The zero-order chi connectivity index (χ0) is 17.1. The van der Waals surface area contributed by atoms with Crippen molar-refractivity contribution in [2.24, 2.45) is 0 Å². The molecule has 6 nitrogen and oxygen atoms in total. The fourth-order valence-corrected chi connectivity index (χ4v) is 3.97. The Morgan fingerprint density at radius 3 is 2.56 bits per heavy atom. The SMILES string of the molecule is Cc1nsc(Sc2nnc(-c3ccncc3)n2Cc2ccccc2)n1. The zero-order valence-corrected chi connectivity index (χ0v) is 15.0. The maximum atomic E-state index is 4.42. The molecule has 124 valence electrons. The van der Waals surface area contributed by atoms with E-state index in [1.165, 1.54) is 28.9 Å². The van der Waals surface area contributed by atoms with E-state index in [-0.39, 0.29) is 0 Å². The van der Waals surface area contributed by atoms with Crippen LogP contribution in [0.1, 0.15) is 11.4 Å². The molecule has 0 unspecified atom stereocenters. The second-order valence-electron chi connectivity index (χ2n) is 5.32. The third-order valence-electron chi connectivity index (χ3n) is 3.53. The summed E-state index contributed by atoms with van der Waals surface area (Å²) in [5, 5.41) is 9.59. The van der Waals surface area contributed by atoms with E-state index in [2.05, 4.69) is 41.2 Å². The van der Waals surface area contributed by atoms with Crippen LogP contribution in [0.2, 0.25) is 0 Å². The molecular weight excluding hydrogens is 352 g/mol. The highest BCUT2D eigenvalue weighted by molar-refractivity contribution is 8.00. The van der Waals surface area contributed by atoms with Crippen molar-refractivity contribution < 1.29 is 0 Å². The normalized spacial score (nSPS) is 10.9. The number of hydrogen-bond donors (Lipinski definition) is 0. The molecule has 3 heterocycles. The summed E-state index contributed by atoms with van der Waals surface area (Å²) in [5.41, 5.74) is 2.17. The lowest BCUT2D eigenvalue weighted by Crippen LogP contribution is -2.04. The van der Waals surface area contributed by atoms with Gasteiger partial charge >= 0.3 is 0 Å². The fourth-order valence-electron chi connectivity index (χ4n) is 2.38. The summed E-state index contributed by atoms with van der Waals surface area (Å²) in [5.74, 6) is 1.59. The van der Waals surface area contributed by atoms with Crippen molar-refractivity contribution in [1.29, 1.82) is 0 Å². The van der Waals surface area contributed by atoms with Crippen molar-refractivity contribution in [2.45, 2.75) is 23.0 Å². The molecular formula is C17H14N6S2. The smallest absolute Gasteiger partial charge is 0.198 e. The summed E-state index contributed by atoms with van der Waals surface area (Å²) < 4.78 is 7.20. The van der Waals surface area contributed by atoms with Crippen molar-refractivity contribution >= 4 is 23.3 Å². The topological polar surface area (TPSA) is 69.4 Å². The molecule has 0 aliphatic carbocycles. The third-order valence-corrected chi connectivity index (χ3v) is 5.35. The Morgan fingerprint density at radius 1 is 1.04 bits per heavy atom. The molecule has 1 aromatic carbocycles. The minimum absolute atomic E-state index is 0.686. The number of aromatic nitrogens is 6. The van der Waals surface area contributed by atoms with Crippen LogP contribution < -0.4 is 0 Å².